The van der Waals surface area contributed by atoms with Gasteiger partial charge in [0.1, 0.15) is 0 Å². The Morgan fingerprint density at radius 2 is 1.80 bits per heavy atom. The Balaban J connectivity index is 4.97. The van der Waals surface area contributed by atoms with Crippen LogP contribution in [0.2, 0.25) is 0 Å². The highest BCUT2D eigenvalue weighted by molar-refractivity contribution is 5.10. The summed E-state index contributed by atoms with van der Waals surface area (Å²) in [5, 5.41) is 10.6. The quantitative estimate of drug-likeness (QED) is 0.681. The first-order valence-corrected chi connectivity index (χ1v) is 5.66. The molecule has 1 unspecified atom stereocenters. The monoisotopic (exact) mass is 210 g/mol. The molecule has 1 nitrogen and oxygen atoms in total. The van der Waals surface area contributed by atoms with E-state index in [1.54, 1.807) is 6.08 Å². The van der Waals surface area contributed by atoms with Gasteiger partial charge in [-0.2, -0.15) is 0 Å². The minimum absolute atomic E-state index is 0.176. The summed E-state index contributed by atoms with van der Waals surface area (Å²) < 4.78 is 0. The van der Waals surface area contributed by atoms with E-state index in [9.17, 15) is 5.11 Å². The van der Waals surface area contributed by atoms with Crippen LogP contribution in [0.25, 0.3) is 0 Å². The second-order valence-corrected chi connectivity index (χ2v) is 5.55. The summed E-state index contributed by atoms with van der Waals surface area (Å²) in [5.41, 5.74) is 0.303. The lowest BCUT2D eigenvalue weighted by Crippen LogP contribution is -2.47. The Kier molecular flexibility index (Phi) is 4.79. The molecule has 0 saturated heterocycles. The van der Waals surface area contributed by atoms with E-state index in [0.29, 0.717) is 0 Å². The summed E-state index contributed by atoms with van der Waals surface area (Å²) in [6.07, 6.45) is 4.74. The molecule has 1 heteroatoms. The zero-order valence-electron chi connectivity index (χ0n) is 11.1. The average molecular weight is 210 g/mol. The fourth-order valence-corrected chi connectivity index (χ4v) is 1.92. The summed E-state index contributed by atoms with van der Waals surface area (Å²) in [6, 6.07) is 0. The molecule has 1 atom stereocenters. The van der Waals surface area contributed by atoms with Crippen LogP contribution in [-0.4, -0.2) is 10.7 Å². The standard InChI is InChI=1S/C14H26O/c1-8-14(15,12(4)5)13(6,7)10-9-11(2)3/h8-9,12,15H,1,10H2,2-7H3. The highest BCUT2D eigenvalue weighted by Crippen LogP contribution is 2.41. The molecular weight excluding hydrogens is 184 g/mol. The highest BCUT2D eigenvalue weighted by Gasteiger charge is 2.42. The van der Waals surface area contributed by atoms with Crippen LogP contribution >= 0.6 is 0 Å². The van der Waals surface area contributed by atoms with Crippen LogP contribution in [0, 0.1) is 11.3 Å². The minimum atomic E-state index is -0.807. The molecule has 0 spiro atoms. The number of rotatable bonds is 5. The summed E-state index contributed by atoms with van der Waals surface area (Å²) in [6.45, 7) is 16.2. The van der Waals surface area contributed by atoms with Gasteiger partial charge in [0, 0.05) is 5.41 Å². The van der Waals surface area contributed by atoms with E-state index in [1.807, 2.05) is 13.8 Å². The SMILES string of the molecule is C=CC(O)(C(C)C)C(C)(C)CC=C(C)C. The molecule has 0 amide bonds. The third-order valence-electron chi connectivity index (χ3n) is 3.30. The maximum atomic E-state index is 10.6. The van der Waals surface area contributed by atoms with Crippen molar-refractivity contribution in [3.05, 3.63) is 24.3 Å². The van der Waals surface area contributed by atoms with Crippen LogP contribution in [0.15, 0.2) is 24.3 Å². The van der Waals surface area contributed by atoms with E-state index in [4.69, 9.17) is 0 Å². The van der Waals surface area contributed by atoms with E-state index < -0.39 is 5.60 Å². The molecular formula is C14H26O. The molecule has 0 aliphatic heterocycles. The fourth-order valence-electron chi connectivity index (χ4n) is 1.92. The van der Waals surface area contributed by atoms with Crippen molar-refractivity contribution in [2.45, 2.75) is 53.6 Å². The maximum absolute atomic E-state index is 10.6. The average Bonchev–Trinajstić information content (AvgIpc) is 2.13. The van der Waals surface area contributed by atoms with E-state index in [2.05, 4.69) is 40.3 Å². The van der Waals surface area contributed by atoms with Crippen LogP contribution in [0.1, 0.15) is 48.0 Å². The van der Waals surface area contributed by atoms with Gasteiger partial charge in [-0.3, -0.25) is 0 Å². The van der Waals surface area contributed by atoms with Gasteiger partial charge in [-0.1, -0.05) is 45.4 Å². The number of aliphatic hydroxyl groups is 1. The van der Waals surface area contributed by atoms with Gasteiger partial charge < -0.3 is 5.11 Å². The fraction of sp³-hybridized carbons (Fsp3) is 0.714. The molecule has 0 aromatic carbocycles. The molecule has 0 radical (unpaired) electrons. The van der Waals surface area contributed by atoms with Crippen LogP contribution in [0.5, 0.6) is 0 Å². The molecule has 0 bridgehead atoms. The Bertz CT molecular complexity index is 244. The van der Waals surface area contributed by atoms with Crippen molar-refractivity contribution < 1.29 is 5.11 Å². The van der Waals surface area contributed by atoms with Crippen molar-refractivity contribution >= 4 is 0 Å². The lowest BCUT2D eigenvalue weighted by molar-refractivity contribution is -0.0594. The molecule has 0 aromatic rings. The Labute approximate surface area is 94.9 Å². The third-order valence-corrected chi connectivity index (χ3v) is 3.30. The van der Waals surface area contributed by atoms with Gasteiger partial charge in [-0.15, -0.1) is 6.58 Å². The van der Waals surface area contributed by atoms with Crippen molar-refractivity contribution in [3.8, 4) is 0 Å². The molecule has 88 valence electrons. The van der Waals surface area contributed by atoms with Crippen molar-refractivity contribution in [1.29, 1.82) is 0 Å². The summed E-state index contributed by atoms with van der Waals surface area (Å²) in [5.74, 6) is 0.176. The molecule has 0 saturated carbocycles. The molecule has 0 aromatic heterocycles. The van der Waals surface area contributed by atoms with Crippen molar-refractivity contribution in [2.24, 2.45) is 11.3 Å². The Morgan fingerprint density at radius 3 is 2.07 bits per heavy atom. The van der Waals surface area contributed by atoms with Crippen LogP contribution in [-0.2, 0) is 0 Å². The van der Waals surface area contributed by atoms with Crippen molar-refractivity contribution in [3.63, 3.8) is 0 Å². The molecule has 0 rings (SSSR count). The molecule has 0 aliphatic rings. The number of allylic oxidation sites excluding steroid dienone is 2. The van der Waals surface area contributed by atoms with Gasteiger partial charge in [0.15, 0.2) is 0 Å². The van der Waals surface area contributed by atoms with E-state index in [-0.39, 0.29) is 11.3 Å². The van der Waals surface area contributed by atoms with Gasteiger partial charge in [-0.25, -0.2) is 0 Å². The zero-order chi connectivity index (χ0) is 12.3. The van der Waals surface area contributed by atoms with Gasteiger partial charge in [0.2, 0.25) is 0 Å². The minimum Gasteiger partial charge on any atom is -0.385 e. The van der Waals surface area contributed by atoms with Crippen molar-refractivity contribution in [2.75, 3.05) is 0 Å². The third kappa shape index (κ3) is 3.20. The second kappa shape index (κ2) is 4.98. The lowest BCUT2D eigenvalue weighted by atomic mass is 9.67. The van der Waals surface area contributed by atoms with Gasteiger partial charge >= 0.3 is 0 Å². The summed E-state index contributed by atoms with van der Waals surface area (Å²) in [7, 11) is 0. The van der Waals surface area contributed by atoms with Crippen LogP contribution in [0.4, 0.5) is 0 Å². The molecule has 1 N–H and O–H groups in total. The lowest BCUT2D eigenvalue weighted by Gasteiger charge is -2.43. The number of hydrogen-bond donors (Lipinski definition) is 1. The van der Waals surface area contributed by atoms with E-state index in [0.717, 1.165) is 6.42 Å². The number of hydrogen-bond acceptors (Lipinski definition) is 1. The summed E-state index contributed by atoms with van der Waals surface area (Å²) in [4.78, 5) is 0. The molecule has 0 aliphatic carbocycles. The normalized spacial score (nSPS) is 16.0. The van der Waals surface area contributed by atoms with Gasteiger partial charge in [0.25, 0.3) is 0 Å². The zero-order valence-corrected chi connectivity index (χ0v) is 11.1. The van der Waals surface area contributed by atoms with E-state index >= 15 is 0 Å². The largest absolute Gasteiger partial charge is 0.385 e. The Hall–Kier alpha value is -0.560. The first-order chi connectivity index (χ1) is 6.67. The second-order valence-electron chi connectivity index (χ2n) is 5.55. The molecule has 15 heavy (non-hydrogen) atoms. The first-order valence-electron chi connectivity index (χ1n) is 5.66. The predicted molar refractivity (Wildman–Crippen MR) is 67.8 cm³/mol. The predicted octanol–water partition coefficient (Wildman–Crippen LogP) is 3.94. The smallest absolute Gasteiger partial charge is 0.0901 e. The van der Waals surface area contributed by atoms with Gasteiger partial charge in [0.05, 0.1) is 5.60 Å². The summed E-state index contributed by atoms with van der Waals surface area (Å²) >= 11 is 0. The molecule has 0 heterocycles. The first kappa shape index (κ1) is 14.4. The highest BCUT2D eigenvalue weighted by atomic mass is 16.3. The van der Waals surface area contributed by atoms with Crippen molar-refractivity contribution in [1.82, 2.24) is 0 Å². The van der Waals surface area contributed by atoms with E-state index in [1.165, 1.54) is 5.57 Å². The molecule has 0 fully saturated rings. The van der Waals surface area contributed by atoms with Crippen LogP contribution < -0.4 is 0 Å². The van der Waals surface area contributed by atoms with Gasteiger partial charge in [-0.05, 0) is 26.2 Å². The topological polar surface area (TPSA) is 20.2 Å². The maximum Gasteiger partial charge on any atom is 0.0901 e. The van der Waals surface area contributed by atoms with Crippen LogP contribution in [0.3, 0.4) is 0 Å². The Morgan fingerprint density at radius 1 is 1.33 bits per heavy atom.